The molecular weight excluding hydrogens is 1260 g/mol. The molecule has 18 atom stereocenters. The molecule has 3 aliphatic heterocycles. The van der Waals surface area contributed by atoms with E-state index < -0.39 is 148 Å². The molecular formula is C75H140N2O21. The Bertz CT molecular complexity index is 2010. The summed E-state index contributed by atoms with van der Waals surface area (Å²) in [6.45, 7) is 2.25. The number of aliphatic carboxylic acids is 1. The second kappa shape index (κ2) is 55.0. The summed E-state index contributed by atoms with van der Waals surface area (Å²) in [5.41, 5.74) is 0. The predicted octanol–water partition coefficient (Wildman–Crippen LogP) is 9.41. The van der Waals surface area contributed by atoms with Crippen LogP contribution in [0.4, 0.5) is 0 Å². The van der Waals surface area contributed by atoms with E-state index in [2.05, 4.69) is 36.6 Å². The van der Waals surface area contributed by atoms with Gasteiger partial charge in [0.1, 0.15) is 67.1 Å². The van der Waals surface area contributed by atoms with Crippen molar-refractivity contribution in [3.8, 4) is 0 Å². The average Bonchev–Trinajstić information content (AvgIpc) is 0.755. The van der Waals surface area contributed by atoms with E-state index in [-0.39, 0.29) is 18.9 Å². The Morgan fingerprint density at radius 2 is 0.949 bits per heavy atom. The monoisotopic (exact) mass is 1400 g/mol. The number of carbonyl (C=O) groups excluding carboxylic acids is 2. The minimum absolute atomic E-state index is 0.221. The number of aliphatic hydroxyl groups excluding tert-OH is 11. The fraction of sp³-hybridized carbons (Fsp3) is 0.933. The molecule has 3 fully saturated rings. The molecule has 3 heterocycles. The van der Waals surface area contributed by atoms with Crippen molar-refractivity contribution in [1.29, 1.82) is 0 Å². The summed E-state index contributed by atoms with van der Waals surface area (Å²) in [6, 6.07) is -2.53. The molecule has 14 N–H and O–H groups in total. The van der Waals surface area contributed by atoms with Crippen LogP contribution in [0.25, 0.3) is 0 Å². The number of aliphatic hydroxyl groups is 11. The van der Waals surface area contributed by atoms with Crippen LogP contribution >= 0.6 is 0 Å². The van der Waals surface area contributed by atoms with Gasteiger partial charge in [-0.1, -0.05) is 264 Å². The van der Waals surface area contributed by atoms with Gasteiger partial charge in [0, 0.05) is 19.8 Å². The van der Waals surface area contributed by atoms with E-state index in [4.69, 9.17) is 28.4 Å². The first kappa shape index (κ1) is 89.7. The van der Waals surface area contributed by atoms with Gasteiger partial charge in [-0.2, -0.15) is 0 Å². The number of hydrogen-bond donors (Lipinski definition) is 14. The SMILES string of the molecule is CCCCCCCCCCCCC/C=C\CCCCCCCCCC(=O)NC(COC1OC(CO)C(OC2OC(CO)C(O)C(OC3(C(=O)O)CC(O)C(NC(C)=O)C(C(O)C(O)CO)O3)C2O)C(O)C1O)C(O)CCCCCCCCCCCCCCCCCCCCCCCC. The van der Waals surface area contributed by atoms with Crippen LogP contribution in [0.3, 0.4) is 0 Å². The summed E-state index contributed by atoms with van der Waals surface area (Å²) in [4.78, 5) is 38.7. The minimum atomic E-state index is -3.08. The third kappa shape index (κ3) is 35.8. The second-order valence-corrected chi connectivity index (χ2v) is 28.6. The number of rotatable bonds is 61. The molecule has 3 saturated heterocycles. The smallest absolute Gasteiger partial charge is 0.364 e. The molecule has 3 aliphatic rings. The summed E-state index contributed by atoms with van der Waals surface area (Å²) in [5, 5.41) is 136. The first-order valence-electron chi connectivity index (χ1n) is 39.0. The van der Waals surface area contributed by atoms with E-state index in [0.29, 0.717) is 19.3 Å². The van der Waals surface area contributed by atoms with Gasteiger partial charge < -0.3 is 100 Å². The van der Waals surface area contributed by atoms with Crippen LogP contribution in [0, 0.1) is 0 Å². The van der Waals surface area contributed by atoms with Crippen LogP contribution in [-0.2, 0) is 42.8 Å². The molecule has 3 rings (SSSR count). The van der Waals surface area contributed by atoms with Gasteiger partial charge in [-0.05, 0) is 38.5 Å². The Hall–Kier alpha value is -2.53. The highest BCUT2D eigenvalue weighted by molar-refractivity contribution is 5.77. The van der Waals surface area contributed by atoms with Crippen LogP contribution in [0.15, 0.2) is 12.2 Å². The number of carboxylic acids is 1. The molecule has 23 nitrogen and oxygen atoms in total. The van der Waals surface area contributed by atoms with Gasteiger partial charge in [-0.15, -0.1) is 0 Å². The van der Waals surface area contributed by atoms with Gasteiger partial charge in [0.05, 0.1) is 50.7 Å². The van der Waals surface area contributed by atoms with E-state index in [0.717, 1.165) is 84.0 Å². The fourth-order valence-corrected chi connectivity index (χ4v) is 13.8. The number of amides is 2. The van der Waals surface area contributed by atoms with Crippen molar-refractivity contribution in [2.45, 2.75) is 420 Å². The topological polar surface area (TPSA) is 373 Å². The first-order chi connectivity index (χ1) is 47.4. The highest BCUT2D eigenvalue weighted by Crippen LogP contribution is 2.39. The number of unbranched alkanes of at least 4 members (excludes halogenated alkanes) is 39. The lowest BCUT2D eigenvalue weighted by atomic mass is 9.88. The van der Waals surface area contributed by atoms with Gasteiger partial charge in [-0.3, -0.25) is 9.59 Å². The Morgan fingerprint density at radius 3 is 1.38 bits per heavy atom. The summed E-state index contributed by atoms with van der Waals surface area (Å²) >= 11 is 0. The van der Waals surface area contributed by atoms with Crippen molar-refractivity contribution < 1.29 is 104 Å². The van der Waals surface area contributed by atoms with Gasteiger partial charge in [0.25, 0.3) is 5.79 Å². The summed E-state index contributed by atoms with van der Waals surface area (Å²) in [5.74, 6) is -6.10. The zero-order valence-corrected chi connectivity index (χ0v) is 60.7. The number of carboxylic acid groups (broad SMARTS) is 1. The molecule has 23 heteroatoms. The largest absolute Gasteiger partial charge is 0.477 e. The van der Waals surface area contributed by atoms with Crippen LogP contribution in [0.5, 0.6) is 0 Å². The number of ether oxygens (including phenoxy) is 6. The van der Waals surface area contributed by atoms with E-state index in [1.54, 1.807) is 0 Å². The van der Waals surface area contributed by atoms with Crippen LogP contribution in [0.1, 0.15) is 310 Å². The first-order valence-corrected chi connectivity index (χ1v) is 39.0. The van der Waals surface area contributed by atoms with Crippen molar-refractivity contribution in [3.63, 3.8) is 0 Å². The molecule has 0 aromatic rings. The lowest BCUT2D eigenvalue weighted by Gasteiger charge is -2.50. The molecule has 576 valence electrons. The van der Waals surface area contributed by atoms with Crippen molar-refractivity contribution in [2.75, 3.05) is 26.4 Å². The van der Waals surface area contributed by atoms with E-state index in [1.165, 1.54) is 180 Å². The van der Waals surface area contributed by atoms with Gasteiger partial charge in [0.2, 0.25) is 11.8 Å². The lowest BCUT2D eigenvalue weighted by Crippen LogP contribution is -2.70. The van der Waals surface area contributed by atoms with Gasteiger partial charge >= 0.3 is 5.97 Å². The fourth-order valence-electron chi connectivity index (χ4n) is 13.8. The Morgan fingerprint density at radius 1 is 0.520 bits per heavy atom. The highest BCUT2D eigenvalue weighted by Gasteiger charge is 2.60. The number of carbonyl (C=O) groups is 3. The molecule has 0 saturated carbocycles. The third-order valence-electron chi connectivity index (χ3n) is 20.0. The molecule has 18 unspecified atom stereocenters. The third-order valence-corrected chi connectivity index (χ3v) is 20.0. The zero-order chi connectivity index (χ0) is 71.8. The van der Waals surface area contributed by atoms with Crippen LogP contribution in [0.2, 0.25) is 0 Å². The summed E-state index contributed by atoms with van der Waals surface area (Å²) in [6.07, 6.45) is 27.7. The van der Waals surface area contributed by atoms with Crippen molar-refractivity contribution in [3.05, 3.63) is 12.2 Å². The normalized spacial score (nSPS) is 27.3. The van der Waals surface area contributed by atoms with Gasteiger partial charge in [0.15, 0.2) is 12.6 Å². The van der Waals surface area contributed by atoms with Crippen molar-refractivity contribution in [2.24, 2.45) is 0 Å². The van der Waals surface area contributed by atoms with Crippen molar-refractivity contribution in [1.82, 2.24) is 10.6 Å². The summed E-state index contributed by atoms with van der Waals surface area (Å²) in [7, 11) is 0. The standard InChI is InChI=1S/C75H140N2O21/c1-4-6-8-10-12-14-16-18-20-22-24-26-28-30-32-34-36-38-40-42-44-46-48-57(82)56(77-62(85)49-47-45-43-41-39-37-35-33-31-29-27-25-23-21-19-17-15-13-11-9-7-5-2)54-93-72-67(89)66(88)69(61(53-80)95-72)96-73-68(90)71(65(87)60(52-79)94-73)98-75(74(91)92)50-58(83)63(76-55(3)81)70(97-75)64(86)59(84)51-78/h29,31,56-61,63-73,78-80,82-84,86-90H,4-28,30,32-54H2,1-3H3,(H,76,81)(H,77,85)(H,91,92)/b31-29-. The molecule has 0 aliphatic carbocycles. The number of nitrogens with one attached hydrogen (secondary N) is 2. The molecule has 98 heavy (non-hydrogen) atoms. The molecule has 0 aromatic carbocycles. The maximum Gasteiger partial charge on any atom is 0.364 e. The molecule has 0 radical (unpaired) electrons. The second-order valence-electron chi connectivity index (χ2n) is 28.6. The number of allylic oxidation sites excluding steroid dienone is 2. The van der Waals surface area contributed by atoms with Crippen LogP contribution in [-0.4, -0.2) is 215 Å². The molecule has 2 amide bonds. The summed E-state index contributed by atoms with van der Waals surface area (Å²) < 4.78 is 35.0. The Balaban J connectivity index is 1.54. The quantitative estimate of drug-likeness (QED) is 0.0199. The van der Waals surface area contributed by atoms with Crippen LogP contribution < -0.4 is 10.6 Å². The van der Waals surface area contributed by atoms with E-state index >= 15 is 0 Å². The maximum atomic E-state index is 13.5. The number of hydrogen-bond acceptors (Lipinski definition) is 20. The average molecular weight is 1410 g/mol. The minimum Gasteiger partial charge on any atom is -0.477 e. The van der Waals surface area contributed by atoms with Gasteiger partial charge in [-0.25, -0.2) is 4.79 Å². The van der Waals surface area contributed by atoms with E-state index in [9.17, 15) is 75.7 Å². The Labute approximate surface area is 588 Å². The van der Waals surface area contributed by atoms with E-state index in [1.807, 2.05) is 0 Å². The maximum absolute atomic E-state index is 13.5. The predicted molar refractivity (Wildman–Crippen MR) is 375 cm³/mol. The highest BCUT2D eigenvalue weighted by atomic mass is 16.8. The Kier molecular flexibility index (Phi) is 50.4. The molecule has 0 aromatic heterocycles. The lowest BCUT2D eigenvalue weighted by molar-refractivity contribution is -0.386. The zero-order valence-electron chi connectivity index (χ0n) is 60.7. The van der Waals surface area contributed by atoms with Crippen molar-refractivity contribution >= 4 is 17.8 Å². The molecule has 0 spiro atoms. The molecule has 0 bridgehead atoms.